The smallest absolute Gasteiger partial charge is 0.405 e. The van der Waals surface area contributed by atoms with E-state index in [1.807, 2.05) is 43.3 Å². The molecule has 9 heteroatoms. The largest absolute Gasteiger partial charge is 0.573 e. The molecule has 0 bridgehead atoms. The first-order chi connectivity index (χ1) is 12.8. The second-order valence-corrected chi connectivity index (χ2v) is 6.00. The molecule has 0 aliphatic carbocycles. The highest BCUT2D eigenvalue weighted by molar-refractivity contribution is 14.0. The minimum absolute atomic E-state index is 0. The number of halogens is 4. The summed E-state index contributed by atoms with van der Waals surface area (Å²) in [5.41, 5.74) is 2.52. The third-order valence-corrected chi connectivity index (χ3v) is 3.76. The van der Waals surface area contributed by atoms with Crippen LogP contribution in [0.4, 0.5) is 18.9 Å². The van der Waals surface area contributed by atoms with Gasteiger partial charge in [0, 0.05) is 45.5 Å². The number of alkyl halides is 3. The monoisotopic (exact) mass is 508 g/mol. The van der Waals surface area contributed by atoms with E-state index in [0.29, 0.717) is 18.1 Å². The Morgan fingerprint density at radius 3 is 2.36 bits per heavy atom. The molecule has 0 aliphatic rings. The topological polar surface area (TPSA) is 48.9 Å². The van der Waals surface area contributed by atoms with E-state index in [4.69, 9.17) is 0 Å². The number of hydrogen-bond donors (Lipinski definition) is 2. The lowest BCUT2D eigenvalue weighted by Crippen LogP contribution is -2.36. The summed E-state index contributed by atoms with van der Waals surface area (Å²) in [6, 6.07) is 14.0. The van der Waals surface area contributed by atoms with Crippen molar-refractivity contribution in [2.45, 2.75) is 19.5 Å². The molecule has 0 radical (unpaired) electrons. The van der Waals surface area contributed by atoms with Crippen LogP contribution in [0.3, 0.4) is 0 Å². The number of guanidine groups is 1. The van der Waals surface area contributed by atoms with Crippen molar-refractivity contribution >= 4 is 35.6 Å². The molecule has 0 unspecified atom stereocenters. The summed E-state index contributed by atoms with van der Waals surface area (Å²) in [4.78, 5) is 6.11. The summed E-state index contributed by atoms with van der Waals surface area (Å²) < 4.78 is 41.6. The standard InChI is InChI=1S/C19H23F3N4O.HI/c1-23-18(24-12-14-7-6-9-16(11-14)26(2)3)25-13-15-8-4-5-10-17(15)27-19(20,21)22;/h4-11H,12-13H2,1-3H3,(H2,23,24,25);1H. The van der Waals surface area contributed by atoms with Crippen molar-refractivity contribution in [2.75, 3.05) is 26.0 Å². The normalized spacial score (nSPS) is 11.4. The Kier molecular flexibility index (Phi) is 9.36. The highest BCUT2D eigenvalue weighted by Gasteiger charge is 2.31. The van der Waals surface area contributed by atoms with Gasteiger partial charge in [0.1, 0.15) is 5.75 Å². The Labute approximate surface area is 180 Å². The Balaban J connectivity index is 0.00000392. The fraction of sp³-hybridized carbons (Fsp3) is 0.316. The third kappa shape index (κ3) is 7.83. The number of hydrogen-bond acceptors (Lipinski definition) is 3. The van der Waals surface area contributed by atoms with Crippen molar-refractivity contribution in [3.05, 3.63) is 59.7 Å². The van der Waals surface area contributed by atoms with Gasteiger partial charge in [0.15, 0.2) is 5.96 Å². The molecule has 0 aliphatic heterocycles. The van der Waals surface area contributed by atoms with E-state index in [1.165, 1.54) is 12.1 Å². The van der Waals surface area contributed by atoms with E-state index >= 15 is 0 Å². The van der Waals surface area contributed by atoms with Gasteiger partial charge in [0.2, 0.25) is 0 Å². The predicted octanol–water partition coefficient (Wildman–Crippen LogP) is 4.13. The molecule has 0 amide bonds. The number of para-hydroxylation sites is 1. The fourth-order valence-corrected chi connectivity index (χ4v) is 2.40. The molecule has 2 aromatic rings. The maximum Gasteiger partial charge on any atom is 0.573 e. The van der Waals surface area contributed by atoms with Gasteiger partial charge in [-0.25, -0.2) is 0 Å². The van der Waals surface area contributed by atoms with E-state index in [9.17, 15) is 13.2 Å². The molecule has 0 atom stereocenters. The van der Waals surface area contributed by atoms with E-state index in [0.717, 1.165) is 11.3 Å². The Morgan fingerprint density at radius 1 is 1.04 bits per heavy atom. The summed E-state index contributed by atoms with van der Waals surface area (Å²) in [6.07, 6.45) is -4.73. The van der Waals surface area contributed by atoms with Crippen LogP contribution in [-0.4, -0.2) is 33.5 Å². The number of rotatable bonds is 6. The molecule has 0 heterocycles. The molecule has 0 saturated carbocycles. The molecule has 0 spiro atoms. The van der Waals surface area contributed by atoms with Crippen LogP contribution in [0.5, 0.6) is 5.75 Å². The first kappa shape index (κ1) is 23.9. The van der Waals surface area contributed by atoms with Crippen molar-refractivity contribution in [2.24, 2.45) is 4.99 Å². The molecule has 2 rings (SSSR count). The SMILES string of the molecule is CN=C(NCc1cccc(N(C)C)c1)NCc1ccccc1OC(F)(F)F.I. The van der Waals surface area contributed by atoms with Gasteiger partial charge in [-0.05, 0) is 23.8 Å². The Bertz CT molecular complexity index is 782. The number of aliphatic imine (C=N–C) groups is 1. The van der Waals surface area contributed by atoms with Crippen LogP contribution in [0.15, 0.2) is 53.5 Å². The van der Waals surface area contributed by atoms with Gasteiger partial charge in [-0.2, -0.15) is 0 Å². The zero-order valence-corrected chi connectivity index (χ0v) is 18.2. The first-order valence-electron chi connectivity index (χ1n) is 8.33. The molecule has 0 fully saturated rings. The van der Waals surface area contributed by atoms with Crippen molar-refractivity contribution in [3.8, 4) is 5.75 Å². The number of nitrogens with one attached hydrogen (secondary N) is 2. The van der Waals surface area contributed by atoms with Gasteiger partial charge in [-0.15, -0.1) is 37.1 Å². The van der Waals surface area contributed by atoms with Crippen molar-refractivity contribution in [3.63, 3.8) is 0 Å². The lowest BCUT2D eigenvalue weighted by Gasteiger charge is -2.16. The van der Waals surface area contributed by atoms with E-state index in [1.54, 1.807) is 19.2 Å². The van der Waals surface area contributed by atoms with E-state index in [-0.39, 0.29) is 36.3 Å². The molecule has 28 heavy (non-hydrogen) atoms. The number of anilines is 1. The van der Waals surface area contributed by atoms with Crippen molar-refractivity contribution < 1.29 is 17.9 Å². The van der Waals surface area contributed by atoms with Gasteiger partial charge in [-0.3, -0.25) is 4.99 Å². The van der Waals surface area contributed by atoms with Crippen LogP contribution in [-0.2, 0) is 13.1 Å². The Hall–Kier alpha value is -2.17. The maximum absolute atomic E-state index is 12.5. The van der Waals surface area contributed by atoms with Gasteiger partial charge < -0.3 is 20.3 Å². The van der Waals surface area contributed by atoms with Crippen molar-refractivity contribution in [1.82, 2.24) is 10.6 Å². The predicted molar refractivity (Wildman–Crippen MR) is 116 cm³/mol. The van der Waals surface area contributed by atoms with Crippen LogP contribution in [0.1, 0.15) is 11.1 Å². The molecule has 2 aromatic carbocycles. The molecule has 0 aromatic heterocycles. The lowest BCUT2D eigenvalue weighted by molar-refractivity contribution is -0.274. The highest BCUT2D eigenvalue weighted by Crippen LogP contribution is 2.26. The summed E-state index contributed by atoms with van der Waals surface area (Å²) >= 11 is 0. The van der Waals surface area contributed by atoms with E-state index < -0.39 is 6.36 Å². The molecule has 0 saturated heterocycles. The Morgan fingerprint density at radius 2 is 1.71 bits per heavy atom. The number of benzene rings is 2. The summed E-state index contributed by atoms with van der Waals surface area (Å²) in [5, 5.41) is 6.15. The van der Waals surface area contributed by atoms with Crippen LogP contribution < -0.4 is 20.3 Å². The molecule has 154 valence electrons. The van der Waals surface area contributed by atoms with Gasteiger partial charge >= 0.3 is 6.36 Å². The van der Waals surface area contributed by atoms with E-state index in [2.05, 4.69) is 20.4 Å². The maximum atomic E-state index is 12.5. The minimum Gasteiger partial charge on any atom is -0.405 e. The van der Waals surface area contributed by atoms with Crippen LogP contribution in [0, 0.1) is 0 Å². The van der Waals surface area contributed by atoms with Crippen LogP contribution in [0.2, 0.25) is 0 Å². The molecular formula is C19H24F3IN4O. The quantitative estimate of drug-likeness (QED) is 0.350. The van der Waals surface area contributed by atoms with Crippen molar-refractivity contribution in [1.29, 1.82) is 0 Å². The summed E-state index contributed by atoms with van der Waals surface area (Å²) in [7, 11) is 5.53. The second-order valence-electron chi connectivity index (χ2n) is 6.00. The van der Waals surface area contributed by atoms with Gasteiger partial charge in [0.05, 0.1) is 0 Å². The zero-order valence-electron chi connectivity index (χ0n) is 15.9. The summed E-state index contributed by atoms with van der Waals surface area (Å²) in [5.74, 6) is 0.249. The lowest BCUT2D eigenvalue weighted by atomic mass is 10.2. The van der Waals surface area contributed by atoms with Gasteiger partial charge in [0.25, 0.3) is 0 Å². The fourth-order valence-electron chi connectivity index (χ4n) is 2.40. The molecule has 5 nitrogen and oxygen atoms in total. The average Bonchev–Trinajstić information content (AvgIpc) is 2.62. The second kappa shape index (κ2) is 11.0. The summed E-state index contributed by atoms with van der Waals surface area (Å²) in [6.45, 7) is 0.672. The van der Waals surface area contributed by atoms with Crippen LogP contribution >= 0.6 is 24.0 Å². The first-order valence-corrected chi connectivity index (χ1v) is 8.33. The molecule has 2 N–H and O–H groups in total. The molecular weight excluding hydrogens is 484 g/mol. The van der Waals surface area contributed by atoms with Gasteiger partial charge in [-0.1, -0.05) is 30.3 Å². The number of ether oxygens (including phenoxy) is 1. The zero-order chi connectivity index (χ0) is 19.9. The highest BCUT2D eigenvalue weighted by atomic mass is 127. The third-order valence-electron chi connectivity index (χ3n) is 3.76. The minimum atomic E-state index is -4.73. The number of nitrogens with zero attached hydrogens (tertiary/aromatic N) is 2. The average molecular weight is 508 g/mol. The van der Waals surface area contributed by atoms with Crippen LogP contribution in [0.25, 0.3) is 0 Å².